The lowest BCUT2D eigenvalue weighted by molar-refractivity contribution is 0.277. The Morgan fingerprint density at radius 3 is 2.43 bits per heavy atom. The lowest BCUT2D eigenvalue weighted by atomic mass is 9.82. The average Bonchev–Trinajstić information content (AvgIpc) is 3.34. The van der Waals surface area contributed by atoms with Crippen molar-refractivity contribution in [1.29, 1.82) is 5.26 Å². The third kappa shape index (κ3) is 3.12. The molecule has 2 N–H and O–H groups in total. The van der Waals surface area contributed by atoms with Crippen LogP contribution in [0.25, 0.3) is 5.69 Å². The minimum absolute atomic E-state index is 0.121. The number of hydrogen-bond donors (Lipinski definition) is 1. The number of allylic oxidation sites excluding steroid dienone is 1. The predicted octanol–water partition coefficient (Wildman–Crippen LogP) is 3.56. The average molecular weight is 403 g/mol. The zero-order valence-corrected chi connectivity index (χ0v) is 17.8. The summed E-state index contributed by atoms with van der Waals surface area (Å²) in [6.07, 6.45) is 3.41. The molecular formula is C22H25N7O. The van der Waals surface area contributed by atoms with E-state index in [4.69, 9.17) is 15.6 Å². The second-order valence-corrected chi connectivity index (χ2v) is 8.71. The van der Waals surface area contributed by atoms with Gasteiger partial charge in [-0.05, 0) is 44.4 Å². The highest BCUT2D eigenvalue weighted by Crippen LogP contribution is 2.47. The van der Waals surface area contributed by atoms with Crippen molar-refractivity contribution >= 4 is 0 Å². The van der Waals surface area contributed by atoms with E-state index in [0.717, 1.165) is 22.5 Å². The molecule has 4 rings (SSSR count). The third-order valence-corrected chi connectivity index (χ3v) is 5.17. The van der Waals surface area contributed by atoms with Crippen molar-refractivity contribution in [3.05, 3.63) is 64.9 Å². The fraction of sp³-hybridized carbons (Fsp3) is 0.364. The number of ether oxygens (including phenoxy) is 1. The molecule has 154 valence electrons. The summed E-state index contributed by atoms with van der Waals surface area (Å²) in [6.45, 7) is 10.4. The Balaban J connectivity index is 1.92. The van der Waals surface area contributed by atoms with Crippen molar-refractivity contribution in [2.45, 2.75) is 52.0 Å². The lowest BCUT2D eigenvalue weighted by Gasteiger charge is -2.28. The van der Waals surface area contributed by atoms with Crippen molar-refractivity contribution in [2.24, 2.45) is 5.73 Å². The van der Waals surface area contributed by atoms with Gasteiger partial charge in [0.05, 0.1) is 40.8 Å². The van der Waals surface area contributed by atoms with Crippen molar-refractivity contribution in [2.75, 3.05) is 0 Å². The Hall–Kier alpha value is -3.60. The highest BCUT2D eigenvalue weighted by Gasteiger charge is 2.39. The molecule has 1 unspecified atom stereocenters. The molecule has 0 amide bonds. The van der Waals surface area contributed by atoms with Gasteiger partial charge >= 0.3 is 0 Å². The Kier molecular flexibility index (Phi) is 4.61. The fourth-order valence-electron chi connectivity index (χ4n) is 3.75. The van der Waals surface area contributed by atoms with E-state index in [9.17, 15) is 5.26 Å². The molecule has 30 heavy (non-hydrogen) atoms. The normalized spacial score (nSPS) is 16.4. The molecule has 0 fully saturated rings. The largest absolute Gasteiger partial charge is 0.422 e. The van der Waals surface area contributed by atoms with E-state index >= 15 is 0 Å². The van der Waals surface area contributed by atoms with Crippen LogP contribution in [0.4, 0.5) is 0 Å². The second kappa shape index (κ2) is 7.02. The maximum absolute atomic E-state index is 9.90. The smallest absolute Gasteiger partial charge is 0.224 e. The van der Waals surface area contributed by atoms with Crippen LogP contribution in [-0.4, -0.2) is 24.8 Å². The van der Waals surface area contributed by atoms with E-state index in [1.165, 1.54) is 0 Å². The predicted molar refractivity (Wildman–Crippen MR) is 112 cm³/mol. The molecule has 1 atom stereocenters. The molecule has 2 aromatic heterocycles. The number of rotatable bonds is 3. The van der Waals surface area contributed by atoms with Crippen LogP contribution in [-0.2, 0) is 5.54 Å². The maximum Gasteiger partial charge on any atom is 0.224 e. The first-order valence-electron chi connectivity index (χ1n) is 9.90. The van der Waals surface area contributed by atoms with Gasteiger partial charge in [0.25, 0.3) is 0 Å². The number of aromatic nitrogens is 5. The van der Waals surface area contributed by atoms with Crippen LogP contribution in [0.1, 0.15) is 63.3 Å². The van der Waals surface area contributed by atoms with Crippen LogP contribution in [0.2, 0.25) is 0 Å². The van der Waals surface area contributed by atoms with Gasteiger partial charge in [0.1, 0.15) is 11.6 Å². The van der Waals surface area contributed by atoms with E-state index in [1.807, 2.05) is 28.9 Å². The van der Waals surface area contributed by atoms with Gasteiger partial charge in [-0.1, -0.05) is 31.2 Å². The van der Waals surface area contributed by atoms with Gasteiger partial charge in [0.2, 0.25) is 11.8 Å². The highest BCUT2D eigenvalue weighted by molar-refractivity contribution is 5.57. The quantitative estimate of drug-likeness (QED) is 0.716. The maximum atomic E-state index is 9.90. The molecular weight excluding hydrogens is 378 g/mol. The molecule has 3 aromatic rings. The van der Waals surface area contributed by atoms with E-state index in [-0.39, 0.29) is 23.3 Å². The minimum Gasteiger partial charge on any atom is -0.422 e. The number of nitriles is 1. The second-order valence-electron chi connectivity index (χ2n) is 8.71. The van der Waals surface area contributed by atoms with Gasteiger partial charge in [-0.15, -0.1) is 5.10 Å². The number of benzene rings is 1. The first kappa shape index (κ1) is 19.7. The number of hydrogen-bond acceptors (Lipinski definition) is 6. The molecule has 8 nitrogen and oxygen atoms in total. The van der Waals surface area contributed by atoms with Crippen LogP contribution < -0.4 is 10.5 Å². The Bertz CT molecular complexity index is 1140. The van der Waals surface area contributed by atoms with Crippen molar-refractivity contribution < 1.29 is 4.74 Å². The molecule has 8 heteroatoms. The van der Waals surface area contributed by atoms with E-state index in [1.54, 1.807) is 17.1 Å². The van der Waals surface area contributed by atoms with Crippen molar-refractivity contribution in [3.63, 3.8) is 0 Å². The lowest BCUT2D eigenvalue weighted by Crippen LogP contribution is -2.27. The first-order valence-corrected chi connectivity index (χ1v) is 9.90. The van der Waals surface area contributed by atoms with Gasteiger partial charge in [0.15, 0.2) is 0 Å². The summed E-state index contributed by atoms with van der Waals surface area (Å²) in [5.41, 5.74) is 9.94. The summed E-state index contributed by atoms with van der Waals surface area (Å²) in [4.78, 5) is 0. The topological polar surface area (TPSA) is 108 Å². The molecule has 3 heterocycles. The minimum atomic E-state index is -0.350. The summed E-state index contributed by atoms with van der Waals surface area (Å²) in [6, 6.07) is 10.1. The van der Waals surface area contributed by atoms with Gasteiger partial charge < -0.3 is 10.5 Å². The van der Waals surface area contributed by atoms with Gasteiger partial charge in [-0.3, -0.25) is 0 Å². The van der Waals surface area contributed by atoms with Crippen LogP contribution in [0, 0.1) is 11.3 Å². The van der Waals surface area contributed by atoms with Gasteiger partial charge in [-0.25, -0.2) is 9.36 Å². The molecule has 1 aliphatic heterocycles. The van der Waals surface area contributed by atoms with E-state index in [0.29, 0.717) is 11.5 Å². The summed E-state index contributed by atoms with van der Waals surface area (Å²) in [7, 11) is 0. The van der Waals surface area contributed by atoms with Crippen LogP contribution in [0.3, 0.4) is 0 Å². The molecule has 0 spiro atoms. The molecule has 0 aliphatic carbocycles. The third-order valence-electron chi connectivity index (χ3n) is 5.17. The van der Waals surface area contributed by atoms with Crippen LogP contribution in [0.5, 0.6) is 5.88 Å². The zero-order valence-electron chi connectivity index (χ0n) is 17.8. The Morgan fingerprint density at radius 1 is 1.20 bits per heavy atom. The Labute approximate surface area is 175 Å². The molecule has 0 radical (unpaired) electrons. The summed E-state index contributed by atoms with van der Waals surface area (Å²) in [5.74, 6) is 0.531. The monoisotopic (exact) mass is 403 g/mol. The molecule has 1 aliphatic rings. The highest BCUT2D eigenvalue weighted by atomic mass is 16.5. The number of nitrogens with zero attached hydrogens (tertiary/aromatic N) is 6. The number of fused-ring (bicyclic) bond motifs is 1. The molecule has 0 bridgehead atoms. The summed E-state index contributed by atoms with van der Waals surface area (Å²) in [5, 5.41) is 22.7. The van der Waals surface area contributed by atoms with Crippen molar-refractivity contribution in [3.8, 4) is 17.6 Å². The SMILES string of the molecule is CC(C)c1nn(C(C)(C)C)c2c1C(c1ccc(-n3ccnn3)cc1)C(C#N)=C(N)O2. The fourth-order valence-corrected chi connectivity index (χ4v) is 3.75. The summed E-state index contributed by atoms with van der Waals surface area (Å²) >= 11 is 0. The summed E-state index contributed by atoms with van der Waals surface area (Å²) < 4.78 is 9.53. The number of nitrogens with two attached hydrogens (primary N) is 1. The first-order chi connectivity index (χ1) is 14.2. The standard InChI is InChI=1S/C22H25N7O/c1-13(2)19-18-17(14-6-8-15(9-7-14)28-11-10-25-27-28)16(12-23)20(24)30-21(18)29(26-19)22(3,4)5/h6-11,13,17H,24H2,1-5H3. The molecule has 1 aromatic carbocycles. The van der Waals surface area contributed by atoms with E-state index < -0.39 is 0 Å². The van der Waals surface area contributed by atoms with Crippen molar-refractivity contribution in [1.82, 2.24) is 24.8 Å². The van der Waals surface area contributed by atoms with Gasteiger partial charge in [-0.2, -0.15) is 10.4 Å². The van der Waals surface area contributed by atoms with Gasteiger partial charge in [0, 0.05) is 0 Å². The van der Waals surface area contributed by atoms with Crippen LogP contribution >= 0.6 is 0 Å². The van der Waals surface area contributed by atoms with Crippen LogP contribution in [0.15, 0.2) is 48.1 Å². The Morgan fingerprint density at radius 2 is 1.90 bits per heavy atom. The molecule has 0 saturated heterocycles. The zero-order chi connectivity index (χ0) is 21.6. The van der Waals surface area contributed by atoms with E-state index in [2.05, 4.69) is 51.0 Å². The molecule has 0 saturated carbocycles.